The summed E-state index contributed by atoms with van der Waals surface area (Å²) in [4.78, 5) is 38.3. The van der Waals surface area contributed by atoms with Crippen LogP contribution in [0.1, 0.15) is 21.5 Å². The SMILES string of the molecule is Cc1ccc(C=C2SC(=O)N(CCNC(=O)c3ccc(I)cc3)C2=O)cc1. The lowest BCUT2D eigenvalue weighted by Crippen LogP contribution is -2.37. The van der Waals surface area contributed by atoms with Gasteiger partial charge >= 0.3 is 0 Å². The number of carbonyl (C=O) groups excluding carboxylic acids is 3. The molecule has 27 heavy (non-hydrogen) atoms. The fourth-order valence-corrected chi connectivity index (χ4v) is 3.72. The Hall–Kier alpha value is -2.13. The van der Waals surface area contributed by atoms with Crippen LogP contribution in [0.5, 0.6) is 0 Å². The maximum atomic E-state index is 12.5. The minimum Gasteiger partial charge on any atom is -0.350 e. The van der Waals surface area contributed by atoms with E-state index < -0.39 is 0 Å². The molecule has 0 saturated carbocycles. The molecule has 0 radical (unpaired) electrons. The van der Waals surface area contributed by atoms with Crippen molar-refractivity contribution >= 4 is 57.5 Å². The molecule has 1 heterocycles. The normalized spacial score (nSPS) is 15.5. The number of nitrogens with zero attached hydrogens (tertiary/aromatic N) is 1. The largest absolute Gasteiger partial charge is 0.350 e. The molecule has 1 N–H and O–H groups in total. The minimum atomic E-state index is -0.325. The second-order valence-electron chi connectivity index (χ2n) is 6.01. The molecular formula is C20H17IN2O3S. The molecule has 5 nitrogen and oxygen atoms in total. The van der Waals surface area contributed by atoms with Crippen LogP contribution in [0.4, 0.5) is 4.79 Å². The molecule has 138 valence electrons. The molecular weight excluding hydrogens is 475 g/mol. The molecule has 1 aliphatic rings. The summed E-state index contributed by atoms with van der Waals surface area (Å²) in [5.74, 6) is -0.553. The zero-order valence-corrected chi connectivity index (χ0v) is 17.5. The predicted octanol–water partition coefficient (Wildman–Crippen LogP) is 4.07. The number of halogens is 1. The molecule has 0 bridgehead atoms. The van der Waals surface area contributed by atoms with Gasteiger partial charge in [0.25, 0.3) is 17.1 Å². The van der Waals surface area contributed by atoms with E-state index >= 15 is 0 Å². The Morgan fingerprint density at radius 2 is 1.78 bits per heavy atom. The smallest absolute Gasteiger partial charge is 0.293 e. The molecule has 0 aliphatic carbocycles. The van der Waals surface area contributed by atoms with Crippen molar-refractivity contribution in [2.45, 2.75) is 6.92 Å². The fraction of sp³-hybridized carbons (Fsp3) is 0.150. The van der Waals surface area contributed by atoms with Crippen LogP contribution in [0.15, 0.2) is 53.4 Å². The summed E-state index contributed by atoms with van der Waals surface area (Å²) in [6, 6.07) is 14.9. The zero-order valence-electron chi connectivity index (χ0n) is 14.6. The molecule has 0 unspecified atom stereocenters. The number of rotatable bonds is 5. The minimum absolute atomic E-state index is 0.145. The van der Waals surface area contributed by atoms with Crippen molar-refractivity contribution in [1.82, 2.24) is 10.2 Å². The molecule has 1 saturated heterocycles. The molecule has 0 aromatic heterocycles. The van der Waals surface area contributed by atoms with E-state index in [4.69, 9.17) is 0 Å². The van der Waals surface area contributed by atoms with E-state index in [1.165, 1.54) is 4.90 Å². The summed E-state index contributed by atoms with van der Waals surface area (Å²) in [5.41, 5.74) is 2.55. The highest BCUT2D eigenvalue weighted by atomic mass is 127. The fourth-order valence-electron chi connectivity index (χ4n) is 2.49. The van der Waals surface area contributed by atoms with Gasteiger partial charge < -0.3 is 5.32 Å². The van der Waals surface area contributed by atoms with E-state index in [0.29, 0.717) is 10.5 Å². The van der Waals surface area contributed by atoms with Crippen molar-refractivity contribution in [3.05, 3.63) is 73.7 Å². The third kappa shape index (κ3) is 4.98. The number of hydrogen-bond donors (Lipinski definition) is 1. The Bertz CT molecular complexity index is 908. The van der Waals surface area contributed by atoms with Gasteiger partial charge in [-0.1, -0.05) is 29.8 Å². The van der Waals surface area contributed by atoms with Crippen molar-refractivity contribution in [2.75, 3.05) is 13.1 Å². The number of nitrogens with one attached hydrogen (secondary N) is 1. The van der Waals surface area contributed by atoms with Crippen molar-refractivity contribution < 1.29 is 14.4 Å². The van der Waals surface area contributed by atoms with E-state index in [9.17, 15) is 14.4 Å². The van der Waals surface area contributed by atoms with Crippen molar-refractivity contribution in [1.29, 1.82) is 0 Å². The molecule has 3 amide bonds. The quantitative estimate of drug-likeness (QED) is 0.505. The van der Waals surface area contributed by atoms with Gasteiger partial charge in [-0.25, -0.2) is 0 Å². The highest BCUT2D eigenvalue weighted by Gasteiger charge is 2.34. The van der Waals surface area contributed by atoms with Crippen molar-refractivity contribution in [3.63, 3.8) is 0 Å². The van der Waals surface area contributed by atoms with Gasteiger partial charge in [0.2, 0.25) is 0 Å². The summed E-state index contributed by atoms with van der Waals surface area (Å²) in [6.45, 7) is 2.34. The highest BCUT2D eigenvalue weighted by Crippen LogP contribution is 2.31. The van der Waals surface area contributed by atoms with E-state index in [1.807, 2.05) is 43.3 Å². The Balaban J connectivity index is 1.58. The first kappa shape index (κ1) is 19.6. The molecule has 1 aliphatic heterocycles. The molecule has 2 aromatic carbocycles. The number of carbonyl (C=O) groups is 3. The van der Waals surface area contributed by atoms with Crippen molar-refractivity contribution in [2.24, 2.45) is 0 Å². The van der Waals surface area contributed by atoms with Crippen LogP contribution in [0.25, 0.3) is 6.08 Å². The first-order valence-electron chi connectivity index (χ1n) is 8.30. The Morgan fingerprint density at radius 3 is 2.44 bits per heavy atom. The van der Waals surface area contributed by atoms with Crippen LogP contribution < -0.4 is 5.32 Å². The van der Waals surface area contributed by atoms with E-state index in [-0.39, 0.29) is 30.1 Å². The predicted molar refractivity (Wildman–Crippen MR) is 115 cm³/mol. The Labute approximate surface area is 175 Å². The molecule has 3 rings (SSSR count). The van der Waals surface area contributed by atoms with Gasteiger partial charge in [-0.05, 0) is 77.2 Å². The van der Waals surface area contributed by atoms with Gasteiger partial charge in [0.1, 0.15) is 0 Å². The lowest BCUT2D eigenvalue weighted by atomic mass is 10.1. The Morgan fingerprint density at radius 1 is 1.11 bits per heavy atom. The molecule has 0 spiro atoms. The standard InChI is InChI=1S/C20H17IN2O3S/c1-13-2-4-14(5-3-13)12-17-19(25)23(20(26)27-17)11-10-22-18(24)15-6-8-16(21)9-7-15/h2-9,12H,10-11H2,1H3,(H,22,24). The molecule has 0 atom stereocenters. The van der Waals surface area contributed by atoms with Gasteiger partial charge in [0.15, 0.2) is 0 Å². The lowest BCUT2D eigenvalue weighted by Gasteiger charge is -2.13. The lowest BCUT2D eigenvalue weighted by molar-refractivity contribution is -0.122. The molecule has 1 fully saturated rings. The topological polar surface area (TPSA) is 66.5 Å². The maximum absolute atomic E-state index is 12.5. The number of hydrogen-bond acceptors (Lipinski definition) is 4. The number of imide groups is 1. The number of amides is 3. The third-order valence-electron chi connectivity index (χ3n) is 3.98. The van der Waals surface area contributed by atoms with Crippen LogP contribution >= 0.6 is 34.4 Å². The van der Waals surface area contributed by atoms with Gasteiger partial charge in [0.05, 0.1) is 4.91 Å². The van der Waals surface area contributed by atoms with Gasteiger partial charge in [-0.15, -0.1) is 0 Å². The van der Waals surface area contributed by atoms with E-state index in [2.05, 4.69) is 27.9 Å². The monoisotopic (exact) mass is 492 g/mol. The Kier molecular flexibility index (Phi) is 6.33. The van der Waals surface area contributed by atoms with Crippen LogP contribution in [0.2, 0.25) is 0 Å². The first-order chi connectivity index (χ1) is 12.9. The van der Waals surface area contributed by atoms with Crippen molar-refractivity contribution in [3.8, 4) is 0 Å². The first-order valence-corrected chi connectivity index (χ1v) is 10.2. The van der Waals surface area contributed by atoms with E-state index in [0.717, 1.165) is 26.5 Å². The van der Waals surface area contributed by atoms with Gasteiger partial charge in [0, 0.05) is 22.2 Å². The second kappa shape index (κ2) is 8.71. The second-order valence-corrected chi connectivity index (χ2v) is 8.25. The van der Waals surface area contributed by atoms with Gasteiger partial charge in [-0.2, -0.15) is 0 Å². The van der Waals surface area contributed by atoms with Crippen LogP contribution in [-0.2, 0) is 4.79 Å². The summed E-state index contributed by atoms with van der Waals surface area (Å²) in [6.07, 6.45) is 1.72. The van der Waals surface area contributed by atoms with Crippen LogP contribution in [-0.4, -0.2) is 35.0 Å². The molecule has 2 aromatic rings. The number of aryl methyl sites for hydroxylation is 1. The summed E-state index contributed by atoms with van der Waals surface area (Å²) in [5, 5.41) is 2.42. The van der Waals surface area contributed by atoms with Gasteiger partial charge in [-0.3, -0.25) is 19.3 Å². The summed E-state index contributed by atoms with van der Waals surface area (Å²) < 4.78 is 1.04. The summed E-state index contributed by atoms with van der Waals surface area (Å²) in [7, 11) is 0. The third-order valence-corrected chi connectivity index (χ3v) is 5.60. The molecule has 7 heteroatoms. The summed E-state index contributed by atoms with van der Waals surface area (Å²) >= 11 is 3.09. The number of thioether (sulfide) groups is 1. The zero-order chi connectivity index (χ0) is 19.4. The highest BCUT2D eigenvalue weighted by molar-refractivity contribution is 14.1. The average Bonchev–Trinajstić information content (AvgIpc) is 2.91. The number of benzene rings is 2. The van der Waals surface area contributed by atoms with E-state index in [1.54, 1.807) is 18.2 Å². The van der Waals surface area contributed by atoms with Crippen LogP contribution in [0, 0.1) is 10.5 Å². The van der Waals surface area contributed by atoms with Crippen LogP contribution in [0.3, 0.4) is 0 Å². The maximum Gasteiger partial charge on any atom is 0.293 e. The average molecular weight is 492 g/mol.